The Balaban J connectivity index is 4.42. The number of nitrogens with one attached hydrogen (secondary N) is 1. The number of carbonyl (C=O) groups excluding carboxylic acids is 2. The summed E-state index contributed by atoms with van der Waals surface area (Å²) in [5.41, 5.74) is 0. The van der Waals surface area contributed by atoms with Crippen LogP contribution in [-0.2, 0) is 14.3 Å². The van der Waals surface area contributed by atoms with E-state index in [-0.39, 0.29) is 24.9 Å². The van der Waals surface area contributed by atoms with Crippen LogP contribution in [0.1, 0.15) is 290 Å². The molecule has 0 rings (SSSR count). The summed E-state index contributed by atoms with van der Waals surface area (Å²) in [5, 5.41) is 23.8. The Morgan fingerprint density at radius 1 is 0.475 bits per heavy atom. The summed E-state index contributed by atoms with van der Waals surface area (Å²) < 4.78 is 5.92. The van der Waals surface area contributed by atoms with E-state index in [2.05, 4.69) is 38.2 Å². The molecule has 59 heavy (non-hydrogen) atoms. The standard InChI is InChI=1S/C53H103NO5/c1-4-7-10-13-16-19-21-23-25-27-29-31-34-37-40-43-46-53(58)59-49(44-41-38-35-32-18-15-12-9-6-3)47-52(57)54-50(48-55)51(56)45-42-39-36-33-30-28-26-24-22-20-17-14-11-8-5-2/h25,27,49-51,55-56H,4-24,26,28-48H2,1-3H3,(H,54,57)/b27-25+. The predicted molar refractivity (Wildman–Crippen MR) is 255 cm³/mol. The first kappa shape index (κ1) is 57.6. The normalized spacial score (nSPS) is 13.2. The smallest absolute Gasteiger partial charge is 0.306 e. The van der Waals surface area contributed by atoms with E-state index in [1.807, 2.05) is 0 Å². The van der Waals surface area contributed by atoms with Crippen molar-refractivity contribution in [3.8, 4) is 0 Å². The zero-order valence-corrected chi connectivity index (χ0v) is 39.9. The summed E-state index contributed by atoms with van der Waals surface area (Å²) in [5.74, 6) is -0.469. The van der Waals surface area contributed by atoms with Crippen molar-refractivity contribution in [3.05, 3.63) is 12.2 Å². The molecule has 0 saturated heterocycles. The van der Waals surface area contributed by atoms with E-state index in [0.717, 1.165) is 51.4 Å². The van der Waals surface area contributed by atoms with Gasteiger partial charge in [-0.15, -0.1) is 0 Å². The van der Waals surface area contributed by atoms with Crippen LogP contribution >= 0.6 is 0 Å². The van der Waals surface area contributed by atoms with Gasteiger partial charge >= 0.3 is 5.97 Å². The first-order valence-electron chi connectivity index (χ1n) is 26.4. The molecule has 6 nitrogen and oxygen atoms in total. The van der Waals surface area contributed by atoms with Crippen LogP contribution in [0.25, 0.3) is 0 Å². The largest absolute Gasteiger partial charge is 0.462 e. The molecule has 0 heterocycles. The monoisotopic (exact) mass is 834 g/mol. The highest BCUT2D eigenvalue weighted by atomic mass is 16.5. The second-order valence-corrected chi connectivity index (χ2v) is 18.3. The maximum Gasteiger partial charge on any atom is 0.306 e. The Morgan fingerprint density at radius 3 is 1.20 bits per heavy atom. The molecule has 0 bridgehead atoms. The Labute approximate surface area is 368 Å². The van der Waals surface area contributed by atoms with Gasteiger partial charge in [-0.3, -0.25) is 9.59 Å². The molecular formula is C53H103NO5. The van der Waals surface area contributed by atoms with Crippen LogP contribution < -0.4 is 5.32 Å². The maximum atomic E-state index is 13.2. The molecular weight excluding hydrogens is 731 g/mol. The molecule has 0 radical (unpaired) electrons. The zero-order chi connectivity index (χ0) is 43.1. The Hall–Kier alpha value is -1.40. The van der Waals surface area contributed by atoms with E-state index < -0.39 is 18.2 Å². The number of aliphatic hydroxyl groups is 2. The highest BCUT2D eigenvalue weighted by molar-refractivity contribution is 5.77. The lowest BCUT2D eigenvalue weighted by molar-refractivity contribution is -0.151. The Bertz CT molecular complexity index is 893. The molecule has 0 aromatic rings. The first-order valence-corrected chi connectivity index (χ1v) is 26.4. The highest BCUT2D eigenvalue weighted by Gasteiger charge is 2.24. The molecule has 1 amide bonds. The predicted octanol–water partition coefficient (Wildman–Crippen LogP) is 15.7. The van der Waals surface area contributed by atoms with Gasteiger partial charge in [0.15, 0.2) is 0 Å². The van der Waals surface area contributed by atoms with Gasteiger partial charge in [0.05, 0.1) is 25.2 Å². The summed E-state index contributed by atoms with van der Waals surface area (Å²) in [7, 11) is 0. The number of aliphatic hydroxyl groups excluding tert-OH is 2. The molecule has 0 saturated carbocycles. The molecule has 0 aromatic carbocycles. The van der Waals surface area contributed by atoms with E-state index in [0.29, 0.717) is 19.3 Å². The van der Waals surface area contributed by atoms with Gasteiger partial charge in [0.1, 0.15) is 6.10 Å². The van der Waals surface area contributed by atoms with Gasteiger partial charge < -0.3 is 20.3 Å². The summed E-state index contributed by atoms with van der Waals surface area (Å²) in [6.07, 6.45) is 52.8. The fourth-order valence-corrected chi connectivity index (χ4v) is 8.31. The van der Waals surface area contributed by atoms with Crippen molar-refractivity contribution in [1.82, 2.24) is 5.32 Å². The maximum absolute atomic E-state index is 13.2. The topological polar surface area (TPSA) is 95.9 Å². The second-order valence-electron chi connectivity index (χ2n) is 18.3. The highest BCUT2D eigenvalue weighted by Crippen LogP contribution is 2.18. The Morgan fingerprint density at radius 2 is 0.814 bits per heavy atom. The Kier molecular flexibility index (Phi) is 46.5. The van der Waals surface area contributed by atoms with Gasteiger partial charge in [0, 0.05) is 6.42 Å². The third kappa shape index (κ3) is 43.1. The first-order chi connectivity index (χ1) is 29.0. The molecule has 0 fully saturated rings. The minimum Gasteiger partial charge on any atom is -0.462 e. The quantitative estimate of drug-likeness (QED) is 0.0322. The number of allylic oxidation sites excluding steroid dienone is 2. The van der Waals surface area contributed by atoms with Crippen molar-refractivity contribution in [1.29, 1.82) is 0 Å². The number of carbonyl (C=O) groups is 2. The molecule has 0 aromatic heterocycles. The summed E-state index contributed by atoms with van der Waals surface area (Å²) in [6, 6.07) is -0.696. The van der Waals surface area contributed by atoms with Gasteiger partial charge in [0.25, 0.3) is 0 Å². The lowest BCUT2D eigenvalue weighted by Crippen LogP contribution is -2.46. The van der Waals surface area contributed by atoms with Crippen molar-refractivity contribution >= 4 is 11.9 Å². The summed E-state index contributed by atoms with van der Waals surface area (Å²) in [6.45, 7) is 6.49. The van der Waals surface area contributed by atoms with Gasteiger partial charge in [-0.1, -0.05) is 238 Å². The average molecular weight is 834 g/mol. The molecule has 0 aliphatic rings. The van der Waals surface area contributed by atoms with Crippen molar-refractivity contribution in [2.24, 2.45) is 0 Å². The van der Waals surface area contributed by atoms with Crippen molar-refractivity contribution in [2.75, 3.05) is 6.61 Å². The third-order valence-corrected chi connectivity index (χ3v) is 12.3. The molecule has 350 valence electrons. The number of ether oxygens (including phenoxy) is 1. The number of hydrogen-bond donors (Lipinski definition) is 3. The van der Waals surface area contributed by atoms with E-state index in [9.17, 15) is 19.8 Å². The number of hydrogen-bond acceptors (Lipinski definition) is 5. The third-order valence-electron chi connectivity index (χ3n) is 12.3. The van der Waals surface area contributed by atoms with Crippen LogP contribution in [-0.4, -0.2) is 46.9 Å². The molecule has 3 atom stereocenters. The SMILES string of the molecule is CCCCCCCCC/C=C/CCCCCCCC(=O)OC(CCCCCCCCCCC)CC(=O)NC(CO)C(O)CCCCCCCCCCCCCCCCC. The summed E-state index contributed by atoms with van der Waals surface area (Å²) >= 11 is 0. The van der Waals surface area contributed by atoms with Crippen LogP contribution in [0.15, 0.2) is 12.2 Å². The van der Waals surface area contributed by atoms with Gasteiger partial charge in [-0.05, 0) is 51.4 Å². The molecule has 0 aliphatic carbocycles. The fraction of sp³-hybridized carbons (Fsp3) is 0.925. The van der Waals surface area contributed by atoms with E-state index in [4.69, 9.17) is 4.74 Å². The van der Waals surface area contributed by atoms with Crippen LogP contribution in [0.5, 0.6) is 0 Å². The van der Waals surface area contributed by atoms with Crippen LogP contribution in [0, 0.1) is 0 Å². The van der Waals surface area contributed by atoms with Crippen LogP contribution in [0.2, 0.25) is 0 Å². The zero-order valence-electron chi connectivity index (χ0n) is 39.9. The van der Waals surface area contributed by atoms with E-state index in [1.54, 1.807) is 0 Å². The van der Waals surface area contributed by atoms with Gasteiger partial charge in [0.2, 0.25) is 5.91 Å². The molecule has 0 spiro atoms. The number of esters is 1. The molecule has 3 unspecified atom stereocenters. The fourth-order valence-electron chi connectivity index (χ4n) is 8.31. The van der Waals surface area contributed by atoms with Crippen LogP contribution in [0.4, 0.5) is 0 Å². The second kappa shape index (κ2) is 47.6. The lowest BCUT2D eigenvalue weighted by Gasteiger charge is -2.24. The molecule has 0 aliphatic heterocycles. The average Bonchev–Trinajstić information content (AvgIpc) is 3.23. The minimum absolute atomic E-state index is 0.0808. The van der Waals surface area contributed by atoms with E-state index in [1.165, 1.54) is 193 Å². The van der Waals surface area contributed by atoms with E-state index >= 15 is 0 Å². The van der Waals surface area contributed by atoms with Gasteiger partial charge in [-0.25, -0.2) is 0 Å². The number of amides is 1. The van der Waals surface area contributed by atoms with Crippen molar-refractivity contribution < 1.29 is 24.5 Å². The van der Waals surface area contributed by atoms with Crippen molar-refractivity contribution in [3.63, 3.8) is 0 Å². The minimum atomic E-state index is -0.782. The summed E-state index contributed by atoms with van der Waals surface area (Å²) in [4.78, 5) is 26.1. The molecule has 6 heteroatoms. The lowest BCUT2D eigenvalue weighted by atomic mass is 10.0. The van der Waals surface area contributed by atoms with Gasteiger partial charge in [-0.2, -0.15) is 0 Å². The number of rotatable bonds is 48. The van der Waals surface area contributed by atoms with Crippen molar-refractivity contribution in [2.45, 2.75) is 309 Å². The van der Waals surface area contributed by atoms with Crippen LogP contribution in [0.3, 0.4) is 0 Å². The number of unbranched alkanes of at least 4 members (excludes halogenated alkanes) is 34. The molecule has 3 N–H and O–H groups in total.